The van der Waals surface area contributed by atoms with Crippen LogP contribution in [-0.2, 0) is 21.2 Å². The van der Waals surface area contributed by atoms with Gasteiger partial charge in [0, 0.05) is 26.4 Å². The number of ether oxygens (including phenoxy) is 1. The molecular weight excluding hydrogens is 266 g/mol. The summed E-state index contributed by atoms with van der Waals surface area (Å²) in [7, 11) is -1.91. The highest BCUT2D eigenvalue weighted by Gasteiger charge is 2.16. The number of benzene rings is 1. The Balaban J connectivity index is 2.71. The van der Waals surface area contributed by atoms with Crippen molar-refractivity contribution in [3.05, 3.63) is 29.8 Å². The largest absolute Gasteiger partial charge is 0.396 e. The zero-order valence-corrected chi connectivity index (χ0v) is 12.1. The van der Waals surface area contributed by atoms with E-state index < -0.39 is 10.0 Å². The molecule has 0 aliphatic heterocycles. The molecule has 0 saturated carbocycles. The third-order valence-corrected chi connectivity index (χ3v) is 4.35. The van der Waals surface area contributed by atoms with Crippen LogP contribution in [0, 0.1) is 0 Å². The quantitative estimate of drug-likeness (QED) is 0.745. The Morgan fingerprint density at radius 2 is 1.95 bits per heavy atom. The van der Waals surface area contributed by atoms with Gasteiger partial charge >= 0.3 is 0 Å². The fourth-order valence-electron chi connectivity index (χ4n) is 1.65. The van der Waals surface area contributed by atoms with Gasteiger partial charge in [0.05, 0.1) is 4.90 Å². The minimum atomic E-state index is -3.49. The van der Waals surface area contributed by atoms with Gasteiger partial charge in [-0.2, -0.15) is 0 Å². The van der Waals surface area contributed by atoms with Crippen LogP contribution in [0.3, 0.4) is 0 Å². The summed E-state index contributed by atoms with van der Waals surface area (Å²) in [5.41, 5.74) is 0.911. The molecule has 0 amide bonds. The topological polar surface area (TPSA) is 75.6 Å². The second-order valence-electron chi connectivity index (χ2n) is 4.42. The van der Waals surface area contributed by atoms with E-state index in [4.69, 9.17) is 9.84 Å². The van der Waals surface area contributed by atoms with Gasteiger partial charge in [0.2, 0.25) is 10.0 Å². The van der Waals surface area contributed by atoms with Gasteiger partial charge in [-0.1, -0.05) is 12.1 Å². The molecule has 0 heterocycles. The smallest absolute Gasteiger partial charge is 0.240 e. The lowest BCUT2D eigenvalue weighted by molar-refractivity contribution is 0.188. The zero-order valence-electron chi connectivity index (χ0n) is 11.3. The van der Waals surface area contributed by atoms with Crippen LogP contribution in [0.4, 0.5) is 0 Å². The zero-order chi connectivity index (χ0) is 14.3. The molecule has 0 saturated heterocycles. The highest BCUT2D eigenvalue weighted by atomic mass is 32.2. The Labute approximate surface area is 114 Å². The summed E-state index contributed by atoms with van der Waals surface area (Å²) in [5.74, 6) is 0. The summed E-state index contributed by atoms with van der Waals surface area (Å²) in [6.07, 6.45) is 1.15. The first kappa shape index (κ1) is 16.1. The Morgan fingerprint density at radius 1 is 1.32 bits per heavy atom. The molecule has 2 N–H and O–H groups in total. The molecular formula is C13H21NO4S. The van der Waals surface area contributed by atoms with E-state index in [2.05, 4.69) is 4.72 Å². The van der Waals surface area contributed by atoms with E-state index in [0.29, 0.717) is 19.4 Å². The Hall–Kier alpha value is -0.950. The van der Waals surface area contributed by atoms with E-state index in [9.17, 15) is 8.42 Å². The van der Waals surface area contributed by atoms with Crippen LogP contribution in [0.2, 0.25) is 0 Å². The lowest BCUT2D eigenvalue weighted by atomic mass is 10.2. The summed E-state index contributed by atoms with van der Waals surface area (Å²) in [6.45, 7) is 2.37. The van der Waals surface area contributed by atoms with Crippen LogP contribution in [-0.4, -0.2) is 39.9 Å². The molecule has 5 nitrogen and oxygen atoms in total. The highest BCUT2D eigenvalue weighted by Crippen LogP contribution is 2.12. The third-order valence-electron chi connectivity index (χ3n) is 2.75. The summed E-state index contributed by atoms with van der Waals surface area (Å²) < 4.78 is 31.7. The standard InChI is InChI=1S/C13H21NO4S/c1-11(8-10-18-2)14-19(16,17)13-5-3-12(4-6-13)7-9-15/h3-6,11,14-15H,7-10H2,1-2H3. The first-order valence-electron chi connectivity index (χ1n) is 6.20. The molecule has 19 heavy (non-hydrogen) atoms. The average molecular weight is 287 g/mol. The third kappa shape index (κ3) is 5.28. The molecule has 1 aromatic rings. The second-order valence-corrected chi connectivity index (χ2v) is 6.14. The molecule has 0 aliphatic rings. The maximum atomic E-state index is 12.1. The van der Waals surface area contributed by atoms with Gasteiger partial charge in [-0.15, -0.1) is 0 Å². The molecule has 0 aromatic heterocycles. The van der Waals surface area contributed by atoms with Crippen LogP contribution in [0.25, 0.3) is 0 Å². The molecule has 0 spiro atoms. The number of sulfonamides is 1. The van der Waals surface area contributed by atoms with E-state index in [1.807, 2.05) is 0 Å². The van der Waals surface area contributed by atoms with Crippen molar-refractivity contribution in [2.24, 2.45) is 0 Å². The van der Waals surface area contributed by atoms with Crippen molar-refractivity contribution >= 4 is 10.0 Å². The predicted molar refractivity (Wildman–Crippen MR) is 73.5 cm³/mol. The lowest BCUT2D eigenvalue weighted by Gasteiger charge is -2.14. The Bertz CT molecular complexity index is 470. The molecule has 108 valence electrons. The van der Waals surface area contributed by atoms with Crippen molar-refractivity contribution in [3.8, 4) is 0 Å². The van der Waals surface area contributed by atoms with Crippen molar-refractivity contribution in [2.45, 2.75) is 30.7 Å². The van der Waals surface area contributed by atoms with E-state index >= 15 is 0 Å². The van der Waals surface area contributed by atoms with Crippen LogP contribution in [0.1, 0.15) is 18.9 Å². The number of aliphatic hydroxyl groups is 1. The van der Waals surface area contributed by atoms with Crippen LogP contribution in [0.15, 0.2) is 29.2 Å². The number of aliphatic hydroxyl groups excluding tert-OH is 1. The molecule has 0 fully saturated rings. The first-order valence-corrected chi connectivity index (χ1v) is 7.69. The van der Waals surface area contributed by atoms with Crippen molar-refractivity contribution in [1.82, 2.24) is 4.72 Å². The number of hydrogen-bond donors (Lipinski definition) is 2. The summed E-state index contributed by atoms with van der Waals surface area (Å²) in [5, 5.41) is 8.81. The van der Waals surface area contributed by atoms with E-state index in [1.165, 1.54) is 0 Å². The molecule has 1 unspecified atom stereocenters. The van der Waals surface area contributed by atoms with Gasteiger partial charge in [0.1, 0.15) is 0 Å². The fourth-order valence-corrected chi connectivity index (χ4v) is 2.93. The second kappa shape index (κ2) is 7.59. The summed E-state index contributed by atoms with van der Waals surface area (Å²) >= 11 is 0. The van der Waals surface area contributed by atoms with Gasteiger partial charge in [0.15, 0.2) is 0 Å². The molecule has 6 heteroatoms. The van der Waals surface area contributed by atoms with Gasteiger partial charge in [-0.25, -0.2) is 13.1 Å². The van der Waals surface area contributed by atoms with Gasteiger partial charge in [-0.3, -0.25) is 0 Å². The molecule has 1 rings (SSSR count). The van der Waals surface area contributed by atoms with E-state index in [1.54, 1.807) is 38.3 Å². The molecule has 0 bridgehead atoms. The molecule has 0 radical (unpaired) electrons. The maximum absolute atomic E-state index is 12.1. The van der Waals surface area contributed by atoms with Crippen molar-refractivity contribution < 1.29 is 18.3 Å². The van der Waals surface area contributed by atoms with Gasteiger partial charge in [-0.05, 0) is 37.5 Å². The number of methoxy groups -OCH3 is 1. The van der Waals surface area contributed by atoms with Crippen LogP contribution >= 0.6 is 0 Å². The minimum Gasteiger partial charge on any atom is -0.396 e. The monoisotopic (exact) mass is 287 g/mol. The molecule has 0 aliphatic carbocycles. The molecule has 1 atom stereocenters. The predicted octanol–water partition coefficient (Wildman–Crippen LogP) is 0.925. The summed E-state index contributed by atoms with van der Waals surface area (Å²) in [6, 6.07) is 6.35. The lowest BCUT2D eigenvalue weighted by Crippen LogP contribution is -2.33. The normalized spacial score (nSPS) is 13.4. The first-order chi connectivity index (χ1) is 8.99. The number of nitrogens with one attached hydrogen (secondary N) is 1. The SMILES string of the molecule is COCCC(C)NS(=O)(=O)c1ccc(CCO)cc1. The fraction of sp³-hybridized carbons (Fsp3) is 0.538. The van der Waals surface area contributed by atoms with Gasteiger partial charge in [0.25, 0.3) is 0 Å². The van der Waals surface area contributed by atoms with E-state index in [-0.39, 0.29) is 17.5 Å². The van der Waals surface area contributed by atoms with Gasteiger partial charge < -0.3 is 9.84 Å². The van der Waals surface area contributed by atoms with Crippen LogP contribution in [0.5, 0.6) is 0 Å². The highest BCUT2D eigenvalue weighted by molar-refractivity contribution is 7.89. The number of rotatable bonds is 8. The van der Waals surface area contributed by atoms with Crippen molar-refractivity contribution in [2.75, 3.05) is 20.3 Å². The Morgan fingerprint density at radius 3 is 2.47 bits per heavy atom. The minimum absolute atomic E-state index is 0.0540. The van der Waals surface area contributed by atoms with Crippen molar-refractivity contribution in [1.29, 1.82) is 0 Å². The molecule has 1 aromatic carbocycles. The van der Waals surface area contributed by atoms with Crippen molar-refractivity contribution in [3.63, 3.8) is 0 Å². The maximum Gasteiger partial charge on any atom is 0.240 e. The van der Waals surface area contributed by atoms with Crippen LogP contribution < -0.4 is 4.72 Å². The average Bonchev–Trinajstić information content (AvgIpc) is 2.37. The Kier molecular flexibility index (Phi) is 6.44. The number of hydrogen-bond acceptors (Lipinski definition) is 4. The summed E-state index contributed by atoms with van der Waals surface area (Å²) in [4.78, 5) is 0.235. The van der Waals surface area contributed by atoms with E-state index in [0.717, 1.165) is 5.56 Å².